The molecule has 2 aromatic rings. The predicted octanol–water partition coefficient (Wildman–Crippen LogP) is 2.19. The predicted molar refractivity (Wildman–Crippen MR) is 77.7 cm³/mol. The van der Waals surface area contributed by atoms with Crippen LogP contribution in [0.5, 0.6) is 5.88 Å². The lowest BCUT2D eigenvalue weighted by Gasteiger charge is -2.11. The summed E-state index contributed by atoms with van der Waals surface area (Å²) < 4.78 is 5.44. The second-order valence-electron chi connectivity index (χ2n) is 4.21. The van der Waals surface area contributed by atoms with Crippen molar-refractivity contribution in [2.75, 3.05) is 11.9 Å². The van der Waals surface area contributed by atoms with E-state index in [1.807, 2.05) is 31.2 Å². The Bertz CT molecular complexity index is 599. The van der Waals surface area contributed by atoms with E-state index < -0.39 is 5.91 Å². The quantitative estimate of drug-likeness (QED) is 0.844. The van der Waals surface area contributed by atoms with Gasteiger partial charge < -0.3 is 15.8 Å². The third-order valence-corrected chi connectivity index (χ3v) is 2.75. The minimum absolute atomic E-state index is 0.428. The highest BCUT2D eigenvalue weighted by molar-refractivity contribution is 5.92. The molecule has 0 radical (unpaired) electrons. The van der Waals surface area contributed by atoms with Gasteiger partial charge in [-0.25, -0.2) is 4.98 Å². The summed E-state index contributed by atoms with van der Waals surface area (Å²) in [4.78, 5) is 15.3. The van der Waals surface area contributed by atoms with Crippen molar-refractivity contribution in [3.05, 3.63) is 53.7 Å². The number of nitrogens with two attached hydrogens (primary N) is 1. The Morgan fingerprint density at radius 1 is 1.35 bits per heavy atom. The molecule has 3 N–H and O–H groups in total. The van der Waals surface area contributed by atoms with Crippen LogP contribution in [0.15, 0.2) is 42.6 Å². The van der Waals surface area contributed by atoms with Crippen molar-refractivity contribution < 1.29 is 9.53 Å². The Hall–Kier alpha value is -2.56. The molecule has 2 rings (SSSR count). The molecule has 0 aliphatic rings. The van der Waals surface area contributed by atoms with Gasteiger partial charge in [-0.05, 0) is 36.8 Å². The maximum absolute atomic E-state index is 11.1. The Kier molecular flexibility index (Phi) is 4.55. The number of rotatable bonds is 6. The number of anilines is 1. The molecule has 5 nitrogen and oxygen atoms in total. The Morgan fingerprint density at radius 2 is 2.20 bits per heavy atom. The number of hydrogen-bond donors (Lipinski definition) is 2. The summed E-state index contributed by atoms with van der Waals surface area (Å²) in [5.74, 6) is 0.143. The first kappa shape index (κ1) is 13.9. The van der Waals surface area contributed by atoms with Crippen LogP contribution in [0.25, 0.3) is 0 Å². The molecule has 1 aromatic heterocycles. The van der Waals surface area contributed by atoms with E-state index >= 15 is 0 Å². The van der Waals surface area contributed by atoms with Crippen molar-refractivity contribution in [1.29, 1.82) is 0 Å². The van der Waals surface area contributed by atoms with Crippen LogP contribution in [-0.4, -0.2) is 17.5 Å². The van der Waals surface area contributed by atoms with E-state index in [0.29, 0.717) is 24.6 Å². The van der Waals surface area contributed by atoms with Gasteiger partial charge in [-0.1, -0.05) is 12.1 Å². The molecule has 0 aliphatic heterocycles. The van der Waals surface area contributed by atoms with Crippen LogP contribution >= 0.6 is 0 Å². The molecule has 1 aromatic carbocycles. The summed E-state index contributed by atoms with van der Waals surface area (Å²) in [5.41, 5.74) is 7.55. The van der Waals surface area contributed by atoms with Crippen molar-refractivity contribution in [1.82, 2.24) is 4.98 Å². The lowest BCUT2D eigenvalue weighted by molar-refractivity contribution is 0.1000. The van der Waals surface area contributed by atoms with E-state index in [0.717, 1.165) is 11.3 Å². The van der Waals surface area contributed by atoms with Gasteiger partial charge in [-0.3, -0.25) is 4.79 Å². The molecule has 1 amide bonds. The molecule has 0 saturated heterocycles. The number of benzene rings is 1. The summed E-state index contributed by atoms with van der Waals surface area (Å²) in [6.07, 6.45) is 1.68. The van der Waals surface area contributed by atoms with Gasteiger partial charge in [0.1, 0.15) is 0 Å². The van der Waals surface area contributed by atoms with Crippen LogP contribution in [0.3, 0.4) is 0 Å². The first-order valence-corrected chi connectivity index (χ1v) is 6.41. The molecular formula is C15H17N3O2. The minimum atomic E-state index is -0.428. The number of amides is 1. The Labute approximate surface area is 117 Å². The van der Waals surface area contributed by atoms with E-state index in [1.54, 1.807) is 18.3 Å². The summed E-state index contributed by atoms with van der Waals surface area (Å²) in [7, 11) is 0. The Morgan fingerprint density at radius 3 is 2.95 bits per heavy atom. The molecule has 5 heteroatoms. The van der Waals surface area contributed by atoms with Crippen LogP contribution in [0.4, 0.5) is 5.69 Å². The maximum Gasteiger partial charge on any atom is 0.248 e. The summed E-state index contributed by atoms with van der Waals surface area (Å²) in [6.45, 7) is 3.03. The largest absolute Gasteiger partial charge is 0.476 e. The van der Waals surface area contributed by atoms with Gasteiger partial charge >= 0.3 is 0 Å². The van der Waals surface area contributed by atoms with E-state index in [2.05, 4.69) is 10.3 Å². The zero-order valence-electron chi connectivity index (χ0n) is 11.3. The van der Waals surface area contributed by atoms with Gasteiger partial charge in [-0.15, -0.1) is 0 Å². The number of primary amides is 1. The first-order valence-electron chi connectivity index (χ1n) is 6.41. The number of ether oxygens (including phenoxy) is 1. The fourth-order valence-corrected chi connectivity index (χ4v) is 1.81. The monoisotopic (exact) mass is 271 g/mol. The molecule has 1 heterocycles. The van der Waals surface area contributed by atoms with Crippen LogP contribution in [0, 0.1) is 0 Å². The Balaban J connectivity index is 2.09. The third-order valence-electron chi connectivity index (χ3n) is 2.75. The molecule has 0 unspecified atom stereocenters. The third kappa shape index (κ3) is 3.47. The number of carbonyl (C=O) groups excluding carboxylic acids is 1. The fourth-order valence-electron chi connectivity index (χ4n) is 1.81. The van der Waals surface area contributed by atoms with Gasteiger partial charge in [-0.2, -0.15) is 0 Å². The summed E-state index contributed by atoms with van der Waals surface area (Å²) in [5, 5.41) is 3.24. The number of hydrogen-bond acceptors (Lipinski definition) is 4. The number of carbonyl (C=O) groups is 1. The molecule has 0 saturated carbocycles. The average molecular weight is 271 g/mol. The molecule has 0 spiro atoms. The SMILES string of the molecule is CCOc1ncccc1NCc1cccc(C(N)=O)c1. The topological polar surface area (TPSA) is 77.2 Å². The zero-order chi connectivity index (χ0) is 14.4. The molecule has 0 bridgehead atoms. The van der Waals surface area contributed by atoms with Crippen LogP contribution < -0.4 is 15.8 Å². The van der Waals surface area contributed by atoms with Crippen molar-refractivity contribution in [3.8, 4) is 5.88 Å². The van der Waals surface area contributed by atoms with Crippen molar-refractivity contribution in [3.63, 3.8) is 0 Å². The second-order valence-corrected chi connectivity index (χ2v) is 4.21. The van der Waals surface area contributed by atoms with Crippen LogP contribution in [0.2, 0.25) is 0 Å². The number of aromatic nitrogens is 1. The molecule has 0 atom stereocenters. The van der Waals surface area contributed by atoms with E-state index in [-0.39, 0.29) is 0 Å². The van der Waals surface area contributed by atoms with Gasteiger partial charge in [0, 0.05) is 18.3 Å². The smallest absolute Gasteiger partial charge is 0.248 e. The fraction of sp³-hybridized carbons (Fsp3) is 0.200. The minimum Gasteiger partial charge on any atom is -0.476 e. The summed E-state index contributed by atoms with van der Waals surface area (Å²) in [6, 6.07) is 10.9. The van der Waals surface area contributed by atoms with E-state index in [1.165, 1.54) is 0 Å². The van der Waals surface area contributed by atoms with Gasteiger partial charge in [0.25, 0.3) is 0 Å². The normalized spacial score (nSPS) is 10.1. The molecular weight excluding hydrogens is 254 g/mol. The second kappa shape index (κ2) is 6.56. The van der Waals surface area contributed by atoms with Crippen molar-refractivity contribution >= 4 is 11.6 Å². The zero-order valence-corrected chi connectivity index (χ0v) is 11.3. The van der Waals surface area contributed by atoms with Gasteiger partial charge in [0.2, 0.25) is 11.8 Å². The molecule has 104 valence electrons. The number of nitrogens with zero attached hydrogens (tertiary/aromatic N) is 1. The van der Waals surface area contributed by atoms with Gasteiger partial charge in [0.15, 0.2) is 0 Å². The molecule has 20 heavy (non-hydrogen) atoms. The highest BCUT2D eigenvalue weighted by atomic mass is 16.5. The lowest BCUT2D eigenvalue weighted by atomic mass is 10.1. The standard InChI is InChI=1S/C15H17N3O2/c1-2-20-15-13(7-4-8-17-15)18-10-11-5-3-6-12(9-11)14(16)19/h3-9,18H,2,10H2,1H3,(H2,16,19). The maximum atomic E-state index is 11.1. The van der Waals surface area contributed by atoms with E-state index in [4.69, 9.17) is 10.5 Å². The lowest BCUT2D eigenvalue weighted by Crippen LogP contribution is -2.11. The van der Waals surface area contributed by atoms with Crippen LogP contribution in [-0.2, 0) is 6.54 Å². The highest BCUT2D eigenvalue weighted by Gasteiger charge is 2.05. The van der Waals surface area contributed by atoms with Crippen LogP contribution in [0.1, 0.15) is 22.8 Å². The van der Waals surface area contributed by atoms with Crippen molar-refractivity contribution in [2.45, 2.75) is 13.5 Å². The number of nitrogens with one attached hydrogen (secondary N) is 1. The average Bonchev–Trinajstić information content (AvgIpc) is 2.47. The molecule has 0 aliphatic carbocycles. The highest BCUT2D eigenvalue weighted by Crippen LogP contribution is 2.21. The molecule has 0 fully saturated rings. The van der Waals surface area contributed by atoms with Gasteiger partial charge in [0.05, 0.1) is 12.3 Å². The van der Waals surface area contributed by atoms with E-state index in [9.17, 15) is 4.79 Å². The van der Waals surface area contributed by atoms with Crippen molar-refractivity contribution in [2.24, 2.45) is 5.73 Å². The number of pyridine rings is 1. The summed E-state index contributed by atoms with van der Waals surface area (Å²) >= 11 is 0. The first-order chi connectivity index (χ1) is 9.70.